The number of benzene rings is 1. The average molecular weight is 243 g/mol. The van der Waals surface area contributed by atoms with Gasteiger partial charge >= 0.3 is 0 Å². The quantitative estimate of drug-likeness (QED) is 0.688. The standard InChI is InChI=1S/C13H13N3O2/c1-2-13(17,18)12-9(7-14)11(15)8-5-3-4-6-10(8)16-12/h3-6,17-18H,2H2,1H3,(H2,15,16). The van der Waals surface area contributed by atoms with Crippen molar-refractivity contribution >= 4 is 16.6 Å². The minimum Gasteiger partial charge on any atom is -0.397 e. The molecule has 5 heteroatoms. The van der Waals surface area contributed by atoms with Crippen molar-refractivity contribution in [1.82, 2.24) is 4.98 Å². The van der Waals surface area contributed by atoms with E-state index in [0.29, 0.717) is 10.9 Å². The third kappa shape index (κ3) is 1.78. The number of pyridine rings is 1. The summed E-state index contributed by atoms with van der Waals surface area (Å²) < 4.78 is 0. The van der Waals surface area contributed by atoms with Gasteiger partial charge in [0.05, 0.1) is 11.2 Å². The molecule has 1 heterocycles. The van der Waals surface area contributed by atoms with E-state index in [-0.39, 0.29) is 23.4 Å². The summed E-state index contributed by atoms with van der Waals surface area (Å²) in [4.78, 5) is 4.15. The number of nitrogens with two attached hydrogens (primary N) is 1. The summed E-state index contributed by atoms with van der Waals surface area (Å²) >= 11 is 0. The van der Waals surface area contributed by atoms with Gasteiger partial charge in [-0.2, -0.15) is 5.26 Å². The van der Waals surface area contributed by atoms with E-state index in [0.717, 1.165) is 0 Å². The third-order valence-electron chi connectivity index (χ3n) is 2.92. The number of fused-ring (bicyclic) bond motifs is 1. The molecule has 18 heavy (non-hydrogen) atoms. The predicted octanol–water partition coefficient (Wildman–Crippen LogP) is 1.24. The second-order valence-electron chi connectivity index (χ2n) is 4.05. The van der Waals surface area contributed by atoms with Crippen LogP contribution < -0.4 is 5.73 Å². The van der Waals surface area contributed by atoms with Gasteiger partial charge in [0.15, 0.2) is 0 Å². The number of rotatable bonds is 2. The first-order chi connectivity index (χ1) is 8.51. The van der Waals surface area contributed by atoms with Crippen molar-refractivity contribution < 1.29 is 10.2 Å². The van der Waals surface area contributed by atoms with Crippen LogP contribution in [-0.4, -0.2) is 15.2 Å². The summed E-state index contributed by atoms with van der Waals surface area (Å²) in [6.45, 7) is 1.59. The molecule has 1 aromatic heterocycles. The molecule has 0 unspecified atom stereocenters. The van der Waals surface area contributed by atoms with E-state index in [4.69, 9.17) is 11.0 Å². The molecular formula is C13H13N3O2. The van der Waals surface area contributed by atoms with Crippen molar-refractivity contribution in [1.29, 1.82) is 5.26 Å². The van der Waals surface area contributed by atoms with Crippen LogP contribution in [0.5, 0.6) is 0 Å². The third-order valence-corrected chi connectivity index (χ3v) is 2.92. The molecule has 0 aliphatic heterocycles. The van der Waals surface area contributed by atoms with E-state index in [1.807, 2.05) is 6.07 Å². The van der Waals surface area contributed by atoms with Gasteiger partial charge in [0.2, 0.25) is 5.79 Å². The molecule has 1 aromatic carbocycles. The maximum absolute atomic E-state index is 9.88. The average Bonchev–Trinajstić information content (AvgIpc) is 2.38. The molecule has 0 atom stereocenters. The smallest absolute Gasteiger partial charge is 0.208 e. The van der Waals surface area contributed by atoms with Crippen molar-refractivity contribution in [3.05, 3.63) is 35.5 Å². The highest BCUT2D eigenvalue weighted by atomic mass is 16.5. The number of aromatic nitrogens is 1. The molecule has 0 amide bonds. The van der Waals surface area contributed by atoms with Crippen molar-refractivity contribution in [2.24, 2.45) is 0 Å². The van der Waals surface area contributed by atoms with Crippen LogP contribution in [0, 0.1) is 11.3 Å². The fraction of sp³-hybridized carbons (Fsp3) is 0.231. The Morgan fingerprint density at radius 1 is 1.39 bits per heavy atom. The van der Waals surface area contributed by atoms with Gasteiger partial charge in [0, 0.05) is 11.8 Å². The lowest BCUT2D eigenvalue weighted by molar-refractivity contribution is -0.174. The number of para-hydroxylation sites is 1. The van der Waals surface area contributed by atoms with Crippen LogP contribution in [0.1, 0.15) is 24.6 Å². The fourth-order valence-corrected chi connectivity index (χ4v) is 1.81. The van der Waals surface area contributed by atoms with Gasteiger partial charge in [0.25, 0.3) is 0 Å². The van der Waals surface area contributed by atoms with Crippen LogP contribution in [0.4, 0.5) is 5.69 Å². The number of hydrogen-bond donors (Lipinski definition) is 3. The Bertz CT molecular complexity index is 644. The van der Waals surface area contributed by atoms with E-state index in [1.54, 1.807) is 31.2 Å². The van der Waals surface area contributed by atoms with E-state index >= 15 is 0 Å². The zero-order valence-corrected chi connectivity index (χ0v) is 9.88. The molecule has 92 valence electrons. The van der Waals surface area contributed by atoms with Crippen molar-refractivity contribution in [2.45, 2.75) is 19.1 Å². The number of hydrogen-bond acceptors (Lipinski definition) is 5. The normalized spacial score (nSPS) is 11.4. The molecule has 0 aliphatic rings. The van der Waals surface area contributed by atoms with Crippen molar-refractivity contribution in [2.75, 3.05) is 5.73 Å². The first-order valence-electron chi connectivity index (χ1n) is 5.54. The highest BCUT2D eigenvalue weighted by molar-refractivity contribution is 5.93. The zero-order chi connectivity index (χ0) is 13.3. The molecule has 5 nitrogen and oxygen atoms in total. The number of nitriles is 1. The molecule has 0 saturated heterocycles. The van der Waals surface area contributed by atoms with Crippen LogP contribution >= 0.6 is 0 Å². The van der Waals surface area contributed by atoms with Crippen LogP contribution in [0.25, 0.3) is 10.9 Å². The number of aliphatic hydroxyl groups is 2. The molecule has 2 rings (SSSR count). The predicted molar refractivity (Wildman–Crippen MR) is 67.3 cm³/mol. The molecule has 0 saturated carbocycles. The Morgan fingerprint density at radius 3 is 2.67 bits per heavy atom. The van der Waals surface area contributed by atoms with Gasteiger partial charge in [-0.25, -0.2) is 4.98 Å². The highest BCUT2D eigenvalue weighted by Gasteiger charge is 2.30. The summed E-state index contributed by atoms with van der Waals surface area (Å²) in [5, 5.41) is 29.5. The van der Waals surface area contributed by atoms with Crippen LogP contribution in [0.3, 0.4) is 0 Å². The van der Waals surface area contributed by atoms with Gasteiger partial charge < -0.3 is 15.9 Å². The molecule has 0 fully saturated rings. The minimum absolute atomic E-state index is 0.0144. The van der Waals surface area contributed by atoms with Crippen molar-refractivity contribution in [3.8, 4) is 6.07 Å². The highest BCUT2D eigenvalue weighted by Crippen LogP contribution is 2.31. The number of anilines is 1. The molecule has 0 bridgehead atoms. The van der Waals surface area contributed by atoms with E-state index in [2.05, 4.69) is 4.98 Å². The second-order valence-corrected chi connectivity index (χ2v) is 4.05. The van der Waals surface area contributed by atoms with Crippen molar-refractivity contribution in [3.63, 3.8) is 0 Å². The monoisotopic (exact) mass is 243 g/mol. The molecule has 0 aliphatic carbocycles. The van der Waals surface area contributed by atoms with Crippen LogP contribution in [-0.2, 0) is 5.79 Å². The molecule has 2 aromatic rings. The lowest BCUT2D eigenvalue weighted by Gasteiger charge is -2.21. The first kappa shape index (κ1) is 12.3. The topological polar surface area (TPSA) is 103 Å². The summed E-state index contributed by atoms with van der Waals surface area (Å²) in [6, 6.07) is 8.89. The maximum Gasteiger partial charge on any atom is 0.208 e. The van der Waals surface area contributed by atoms with Crippen LogP contribution in [0.2, 0.25) is 0 Å². The van der Waals surface area contributed by atoms with E-state index in [9.17, 15) is 10.2 Å². The van der Waals surface area contributed by atoms with Gasteiger partial charge in [-0.1, -0.05) is 25.1 Å². The summed E-state index contributed by atoms with van der Waals surface area (Å²) in [6.07, 6.45) is 0.0203. The Labute approximate surface area is 104 Å². The Morgan fingerprint density at radius 2 is 2.06 bits per heavy atom. The Balaban J connectivity index is 2.87. The van der Waals surface area contributed by atoms with Gasteiger partial charge in [-0.15, -0.1) is 0 Å². The second kappa shape index (κ2) is 4.26. The summed E-state index contributed by atoms with van der Waals surface area (Å²) in [5.41, 5.74) is 6.57. The van der Waals surface area contributed by atoms with Gasteiger partial charge in [-0.05, 0) is 6.07 Å². The minimum atomic E-state index is -2.15. The summed E-state index contributed by atoms with van der Waals surface area (Å²) in [5.74, 6) is -2.15. The molecule has 0 radical (unpaired) electrons. The molecular weight excluding hydrogens is 230 g/mol. The van der Waals surface area contributed by atoms with E-state index in [1.165, 1.54) is 0 Å². The maximum atomic E-state index is 9.88. The lowest BCUT2D eigenvalue weighted by atomic mass is 10.0. The fourth-order valence-electron chi connectivity index (χ4n) is 1.81. The SMILES string of the molecule is CCC(O)(O)c1nc2ccccc2c(N)c1C#N. The molecule has 0 spiro atoms. The lowest BCUT2D eigenvalue weighted by Crippen LogP contribution is -2.27. The molecule has 4 N–H and O–H groups in total. The number of nitrogens with zero attached hydrogens (tertiary/aromatic N) is 2. The first-order valence-corrected chi connectivity index (χ1v) is 5.54. The largest absolute Gasteiger partial charge is 0.397 e. The zero-order valence-electron chi connectivity index (χ0n) is 9.88. The van der Waals surface area contributed by atoms with Gasteiger partial charge in [0.1, 0.15) is 17.3 Å². The summed E-state index contributed by atoms with van der Waals surface area (Å²) in [7, 11) is 0. The Kier molecular flexibility index (Phi) is 2.91. The van der Waals surface area contributed by atoms with E-state index < -0.39 is 5.79 Å². The Hall–Kier alpha value is -2.16. The number of nitrogen functional groups attached to an aromatic ring is 1. The van der Waals surface area contributed by atoms with Crippen LogP contribution in [0.15, 0.2) is 24.3 Å². The van der Waals surface area contributed by atoms with Gasteiger partial charge in [-0.3, -0.25) is 0 Å².